The molecule has 1 aromatic carbocycles. The van der Waals surface area contributed by atoms with Crippen molar-refractivity contribution >= 4 is 5.91 Å². The molecule has 154 valence electrons. The lowest BCUT2D eigenvalue weighted by atomic mass is 9.68. The van der Waals surface area contributed by atoms with Gasteiger partial charge in [0.1, 0.15) is 5.82 Å². The second kappa shape index (κ2) is 10.0. The number of ether oxygens (including phenoxy) is 2. The average molecular weight is 391 g/mol. The quantitative estimate of drug-likeness (QED) is 0.676. The van der Waals surface area contributed by atoms with Crippen LogP contribution in [0.1, 0.15) is 44.6 Å². The monoisotopic (exact) mass is 391 g/mol. The summed E-state index contributed by atoms with van der Waals surface area (Å²) in [7, 11) is 0. The van der Waals surface area contributed by atoms with Gasteiger partial charge in [-0.25, -0.2) is 4.39 Å². The lowest BCUT2D eigenvalue weighted by Gasteiger charge is -2.43. The smallest absolute Gasteiger partial charge is 0.286 e. The van der Waals surface area contributed by atoms with E-state index < -0.39 is 6.29 Å². The molecule has 0 aromatic heterocycles. The molecule has 5 nitrogen and oxygen atoms in total. The maximum atomic E-state index is 13.0. The van der Waals surface area contributed by atoms with E-state index in [0.717, 1.165) is 24.8 Å². The Morgan fingerprint density at radius 3 is 2.68 bits per heavy atom. The number of nitrogens with one attached hydrogen (secondary N) is 1. The third-order valence-electron chi connectivity index (χ3n) is 5.74. The number of allylic oxidation sites excluding steroid dienone is 1. The molecule has 0 bridgehead atoms. The number of amides is 1. The van der Waals surface area contributed by atoms with Gasteiger partial charge >= 0.3 is 0 Å². The maximum absolute atomic E-state index is 13.0. The fourth-order valence-corrected chi connectivity index (χ4v) is 4.02. The Hall–Kier alpha value is -1.92. The van der Waals surface area contributed by atoms with Crippen LogP contribution < -0.4 is 5.32 Å². The third-order valence-corrected chi connectivity index (χ3v) is 5.74. The molecule has 28 heavy (non-hydrogen) atoms. The van der Waals surface area contributed by atoms with E-state index in [-0.39, 0.29) is 30.2 Å². The van der Waals surface area contributed by atoms with Crippen LogP contribution in [-0.4, -0.2) is 30.5 Å². The minimum absolute atomic E-state index is 0.140. The molecule has 0 spiro atoms. The van der Waals surface area contributed by atoms with Crippen molar-refractivity contribution in [2.24, 2.45) is 17.8 Å². The highest BCUT2D eigenvalue weighted by Crippen LogP contribution is 2.44. The van der Waals surface area contributed by atoms with Gasteiger partial charge in [0.25, 0.3) is 5.91 Å². The van der Waals surface area contributed by atoms with E-state index in [9.17, 15) is 14.3 Å². The number of carbonyl (C=O) groups is 1. The summed E-state index contributed by atoms with van der Waals surface area (Å²) < 4.78 is 24.8. The highest BCUT2D eigenvalue weighted by Gasteiger charge is 2.42. The minimum Gasteiger partial charge on any atom is -0.459 e. The van der Waals surface area contributed by atoms with E-state index in [0.29, 0.717) is 31.2 Å². The van der Waals surface area contributed by atoms with Crippen LogP contribution in [0.2, 0.25) is 0 Å². The van der Waals surface area contributed by atoms with Gasteiger partial charge in [-0.05, 0) is 68.2 Å². The first-order valence-corrected chi connectivity index (χ1v) is 10.3. The summed E-state index contributed by atoms with van der Waals surface area (Å²) in [6.07, 6.45) is 6.51. The Morgan fingerprint density at radius 1 is 1.32 bits per heavy atom. The van der Waals surface area contributed by atoms with Crippen molar-refractivity contribution in [3.8, 4) is 0 Å². The Kier molecular flexibility index (Phi) is 7.45. The predicted molar refractivity (Wildman–Crippen MR) is 103 cm³/mol. The first-order chi connectivity index (χ1) is 13.6. The number of aliphatic hydroxyl groups is 1. The number of halogens is 1. The lowest BCUT2D eigenvalue weighted by Crippen LogP contribution is -2.43. The van der Waals surface area contributed by atoms with Crippen molar-refractivity contribution in [1.29, 1.82) is 0 Å². The zero-order valence-electron chi connectivity index (χ0n) is 16.4. The van der Waals surface area contributed by atoms with Gasteiger partial charge in [-0.1, -0.05) is 18.6 Å². The second-order valence-electron chi connectivity index (χ2n) is 7.58. The number of aliphatic hydroxyl groups excluding tert-OH is 1. The number of rotatable bonds is 9. The van der Waals surface area contributed by atoms with E-state index in [1.807, 2.05) is 13.0 Å². The van der Waals surface area contributed by atoms with Crippen molar-refractivity contribution in [2.75, 3.05) is 13.2 Å². The molecule has 1 aromatic rings. The number of hydrogen-bond acceptors (Lipinski definition) is 4. The van der Waals surface area contributed by atoms with Crippen molar-refractivity contribution in [3.63, 3.8) is 0 Å². The molecule has 1 heterocycles. The molecule has 0 unspecified atom stereocenters. The van der Waals surface area contributed by atoms with Gasteiger partial charge in [0.15, 0.2) is 5.76 Å². The van der Waals surface area contributed by atoms with Gasteiger partial charge in [0.05, 0.1) is 0 Å². The number of carbonyl (C=O) groups excluding carboxylic acids is 1. The summed E-state index contributed by atoms with van der Waals surface area (Å²) in [5.74, 6) is 0.626. The van der Waals surface area contributed by atoms with Gasteiger partial charge in [-0.15, -0.1) is 0 Å². The third kappa shape index (κ3) is 5.11. The van der Waals surface area contributed by atoms with Crippen LogP contribution in [0.4, 0.5) is 4.39 Å². The van der Waals surface area contributed by atoms with Gasteiger partial charge in [0, 0.05) is 25.7 Å². The van der Waals surface area contributed by atoms with E-state index in [1.165, 1.54) is 18.6 Å². The first kappa shape index (κ1) is 20.8. The number of benzene rings is 1. The topological polar surface area (TPSA) is 67.8 Å². The summed E-state index contributed by atoms with van der Waals surface area (Å²) in [5, 5.41) is 12.1. The Labute approximate surface area is 165 Å². The summed E-state index contributed by atoms with van der Waals surface area (Å²) in [6, 6.07) is 6.05. The molecule has 2 N–H and O–H groups in total. The molecule has 0 radical (unpaired) electrons. The Morgan fingerprint density at radius 2 is 2.07 bits per heavy atom. The normalized spacial score (nSPS) is 24.8. The zero-order chi connectivity index (χ0) is 19.9. The van der Waals surface area contributed by atoms with Gasteiger partial charge in [0.2, 0.25) is 6.29 Å². The molecule has 3 atom stereocenters. The SMILES string of the molecule is CCO[C@H]1OC(C(=O)NCc2ccc(F)cc2)=C[C@@H](C2CCC2)[C@H]1CCCO. The fourth-order valence-electron chi connectivity index (χ4n) is 4.02. The van der Waals surface area contributed by atoms with Crippen molar-refractivity contribution in [3.05, 3.63) is 47.5 Å². The first-order valence-electron chi connectivity index (χ1n) is 10.3. The molecule has 3 rings (SSSR count). The second-order valence-corrected chi connectivity index (χ2v) is 7.58. The fraction of sp³-hybridized carbons (Fsp3) is 0.591. The van der Waals surface area contributed by atoms with Crippen molar-refractivity contribution in [2.45, 2.75) is 51.9 Å². The largest absolute Gasteiger partial charge is 0.459 e. The summed E-state index contributed by atoms with van der Waals surface area (Å²) in [5.41, 5.74) is 0.823. The van der Waals surface area contributed by atoms with Crippen molar-refractivity contribution in [1.82, 2.24) is 5.32 Å². The van der Waals surface area contributed by atoms with Crippen molar-refractivity contribution < 1.29 is 23.8 Å². The van der Waals surface area contributed by atoms with Crippen LogP contribution in [-0.2, 0) is 20.8 Å². The maximum Gasteiger partial charge on any atom is 0.286 e. The van der Waals surface area contributed by atoms with E-state index in [4.69, 9.17) is 9.47 Å². The van der Waals surface area contributed by atoms with Crippen LogP contribution >= 0.6 is 0 Å². The van der Waals surface area contributed by atoms with Crippen LogP contribution in [0.25, 0.3) is 0 Å². The lowest BCUT2D eigenvalue weighted by molar-refractivity contribution is -0.178. The zero-order valence-corrected chi connectivity index (χ0v) is 16.4. The molecular weight excluding hydrogens is 361 g/mol. The molecule has 2 aliphatic rings. The molecule has 6 heteroatoms. The highest BCUT2D eigenvalue weighted by molar-refractivity contribution is 5.91. The van der Waals surface area contributed by atoms with Gasteiger partial charge in [-0.3, -0.25) is 4.79 Å². The van der Waals surface area contributed by atoms with Gasteiger partial charge < -0.3 is 19.9 Å². The van der Waals surface area contributed by atoms with E-state index in [1.54, 1.807) is 12.1 Å². The Bertz CT molecular complexity index is 672. The van der Waals surface area contributed by atoms with E-state index in [2.05, 4.69) is 5.32 Å². The van der Waals surface area contributed by atoms with Crippen LogP contribution in [0, 0.1) is 23.6 Å². The molecule has 1 aliphatic carbocycles. The Balaban J connectivity index is 1.71. The molecule has 1 saturated carbocycles. The molecular formula is C22H30FNO4. The van der Waals surface area contributed by atoms with Crippen LogP contribution in [0.3, 0.4) is 0 Å². The van der Waals surface area contributed by atoms with Crippen LogP contribution in [0.5, 0.6) is 0 Å². The summed E-state index contributed by atoms with van der Waals surface area (Å²) in [6.45, 7) is 2.86. The predicted octanol–water partition coefficient (Wildman–Crippen LogP) is 3.52. The number of hydrogen-bond donors (Lipinski definition) is 2. The average Bonchev–Trinajstić information content (AvgIpc) is 2.65. The highest BCUT2D eigenvalue weighted by atomic mass is 19.1. The molecule has 1 aliphatic heterocycles. The molecule has 1 fully saturated rings. The molecule has 1 amide bonds. The summed E-state index contributed by atoms with van der Waals surface area (Å²) in [4.78, 5) is 12.7. The summed E-state index contributed by atoms with van der Waals surface area (Å²) >= 11 is 0. The van der Waals surface area contributed by atoms with Crippen LogP contribution in [0.15, 0.2) is 36.1 Å². The van der Waals surface area contributed by atoms with E-state index >= 15 is 0 Å². The minimum atomic E-state index is -0.473. The standard InChI is InChI=1S/C22H30FNO4/c1-2-27-22-18(7-4-12-25)19(16-5-3-6-16)13-20(28-22)21(26)24-14-15-8-10-17(23)11-9-15/h8-11,13,16,18-19,22,25H,2-7,12,14H2,1H3,(H,24,26)/t18-,19+,22+/m1/s1. The molecule has 0 saturated heterocycles. The van der Waals surface area contributed by atoms with Gasteiger partial charge in [-0.2, -0.15) is 0 Å².